The second-order valence-electron chi connectivity index (χ2n) is 7.91. The summed E-state index contributed by atoms with van der Waals surface area (Å²) in [6, 6.07) is -4.30. The third-order valence-electron chi connectivity index (χ3n) is 5.05. The van der Waals surface area contributed by atoms with E-state index < -0.39 is 60.2 Å². The van der Waals surface area contributed by atoms with Gasteiger partial charge in [0.15, 0.2) is 0 Å². The fourth-order valence-corrected chi connectivity index (χ4v) is 3.94. The molecule has 0 aromatic heterocycles. The highest BCUT2D eigenvalue weighted by molar-refractivity contribution is 7.98. The summed E-state index contributed by atoms with van der Waals surface area (Å²) in [5, 5.41) is 25.9. The molecule has 4 atom stereocenters. The van der Waals surface area contributed by atoms with Gasteiger partial charge in [0.05, 0.1) is 6.04 Å². The van der Waals surface area contributed by atoms with Gasteiger partial charge in [0.2, 0.25) is 17.7 Å². The van der Waals surface area contributed by atoms with Crippen LogP contribution in [0.2, 0.25) is 0 Å². The first-order chi connectivity index (χ1) is 16.6. The normalized spacial score (nSPS) is 14.3. The molecule has 0 spiro atoms. The zero-order valence-corrected chi connectivity index (χ0v) is 21.9. The lowest BCUT2D eigenvalue weighted by Crippen LogP contribution is -2.57. The number of hydrogen-bond acceptors (Lipinski definition) is 9. The summed E-state index contributed by atoms with van der Waals surface area (Å²) in [5.41, 5.74) is 11.4. The lowest BCUT2D eigenvalue weighted by molar-refractivity contribution is -0.143. The monoisotopic (exact) mass is 537 g/mol. The van der Waals surface area contributed by atoms with E-state index in [-0.39, 0.29) is 19.3 Å². The predicted octanol–water partition coefficient (Wildman–Crippen LogP) is -0.647. The molecule has 0 aliphatic carbocycles. The van der Waals surface area contributed by atoms with Crippen molar-refractivity contribution >= 4 is 53.2 Å². The number of thioether (sulfide) groups is 2. The van der Waals surface area contributed by atoms with E-state index in [2.05, 4.69) is 16.0 Å². The fourth-order valence-electron chi connectivity index (χ4n) is 3.00. The number of rotatable bonds is 20. The highest BCUT2D eigenvalue weighted by atomic mass is 32.2. The van der Waals surface area contributed by atoms with Gasteiger partial charge < -0.3 is 37.6 Å². The zero-order chi connectivity index (χ0) is 26.8. The minimum Gasteiger partial charge on any atom is -0.481 e. The number of carboxylic acid groups (broad SMARTS) is 2. The van der Waals surface area contributed by atoms with Crippen LogP contribution in [0.4, 0.5) is 0 Å². The van der Waals surface area contributed by atoms with Crippen molar-refractivity contribution in [1.82, 2.24) is 16.0 Å². The summed E-state index contributed by atoms with van der Waals surface area (Å²) in [6.45, 7) is 0.479. The van der Waals surface area contributed by atoms with Crippen LogP contribution in [-0.4, -0.2) is 94.6 Å². The van der Waals surface area contributed by atoms with Crippen molar-refractivity contribution in [2.75, 3.05) is 30.6 Å². The number of amides is 3. The smallest absolute Gasteiger partial charge is 0.326 e. The predicted molar refractivity (Wildman–Crippen MR) is 137 cm³/mol. The Morgan fingerprint density at radius 3 is 1.71 bits per heavy atom. The van der Waals surface area contributed by atoms with E-state index in [4.69, 9.17) is 16.6 Å². The van der Waals surface area contributed by atoms with Gasteiger partial charge in [-0.05, 0) is 62.7 Å². The maximum Gasteiger partial charge on any atom is 0.326 e. The number of nitrogens with one attached hydrogen (secondary N) is 3. The lowest BCUT2D eigenvalue weighted by atomic mass is 10.1. The molecule has 0 aromatic rings. The average molecular weight is 538 g/mol. The van der Waals surface area contributed by atoms with Crippen molar-refractivity contribution in [1.29, 1.82) is 0 Å². The maximum absolute atomic E-state index is 13.0. The van der Waals surface area contributed by atoms with E-state index in [1.807, 2.05) is 6.26 Å². The zero-order valence-electron chi connectivity index (χ0n) is 20.3. The molecule has 0 aliphatic rings. The van der Waals surface area contributed by atoms with Crippen molar-refractivity contribution in [3.8, 4) is 0 Å². The molecule has 0 saturated carbocycles. The number of aliphatic carboxylic acids is 2. The van der Waals surface area contributed by atoms with Gasteiger partial charge in [-0.15, -0.1) is 0 Å². The Balaban J connectivity index is 5.42. The third kappa shape index (κ3) is 14.9. The lowest BCUT2D eigenvalue weighted by Gasteiger charge is -2.25. The summed E-state index contributed by atoms with van der Waals surface area (Å²) < 4.78 is 0. The van der Waals surface area contributed by atoms with Crippen LogP contribution in [0.25, 0.3) is 0 Å². The van der Waals surface area contributed by atoms with Crippen LogP contribution >= 0.6 is 23.5 Å². The quantitative estimate of drug-likeness (QED) is 0.0969. The molecule has 0 bridgehead atoms. The number of carboxylic acids is 2. The van der Waals surface area contributed by atoms with E-state index in [1.54, 1.807) is 6.26 Å². The van der Waals surface area contributed by atoms with Crippen molar-refractivity contribution in [3.63, 3.8) is 0 Å². The molecule has 0 fully saturated rings. The van der Waals surface area contributed by atoms with E-state index in [0.717, 1.165) is 0 Å². The van der Waals surface area contributed by atoms with E-state index >= 15 is 0 Å². The van der Waals surface area contributed by atoms with Crippen molar-refractivity contribution < 1.29 is 34.2 Å². The topological polar surface area (TPSA) is 214 Å². The fraction of sp³-hybridized carbons (Fsp3) is 0.762. The van der Waals surface area contributed by atoms with Crippen LogP contribution < -0.4 is 27.4 Å². The van der Waals surface area contributed by atoms with Crippen LogP contribution in [0, 0.1) is 0 Å². The minimum absolute atomic E-state index is 0.163. The van der Waals surface area contributed by atoms with E-state index in [1.165, 1.54) is 23.5 Å². The first kappa shape index (κ1) is 33.0. The summed E-state index contributed by atoms with van der Waals surface area (Å²) in [6.07, 6.45) is 5.15. The van der Waals surface area contributed by atoms with Gasteiger partial charge in [0.25, 0.3) is 0 Å². The van der Waals surface area contributed by atoms with Crippen LogP contribution in [-0.2, 0) is 24.0 Å². The first-order valence-electron chi connectivity index (χ1n) is 11.4. The van der Waals surface area contributed by atoms with Crippen LogP contribution in [0.15, 0.2) is 0 Å². The molecule has 0 saturated heterocycles. The van der Waals surface area contributed by atoms with Gasteiger partial charge in [-0.25, -0.2) is 4.79 Å². The number of carbonyl (C=O) groups excluding carboxylic acids is 3. The second kappa shape index (κ2) is 19.2. The number of unbranched alkanes of at least 4 members (excludes halogenated alkanes) is 1. The summed E-state index contributed by atoms with van der Waals surface area (Å²) in [4.78, 5) is 60.8. The molecule has 0 heterocycles. The average Bonchev–Trinajstić information content (AvgIpc) is 2.81. The first-order valence-corrected chi connectivity index (χ1v) is 14.1. The van der Waals surface area contributed by atoms with Gasteiger partial charge in [-0.3, -0.25) is 19.2 Å². The van der Waals surface area contributed by atoms with Crippen molar-refractivity contribution in [2.45, 2.75) is 69.1 Å². The molecule has 14 heteroatoms. The molecule has 0 rings (SSSR count). The Labute approximate surface area is 214 Å². The molecule has 0 aromatic carbocycles. The molecule has 0 radical (unpaired) electrons. The second-order valence-corrected chi connectivity index (χ2v) is 9.88. The van der Waals surface area contributed by atoms with Gasteiger partial charge in [-0.2, -0.15) is 23.5 Å². The molecule has 12 nitrogen and oxygen atoms in total. The number of nitrogens with two attached hydrogens (primary N) is 2. The summed E-state index contributed by atoms with van der Waals surface area (Å²) in [7, 11) is 0. The van der Waals surface area contributed by atoms with Crippen LogP contribution in [0.3, 0.4) is 0 Å². The van der Waals surface area contributed by atoms with Gasteiger partial charge in [-0.1, -0.05) is 6.42 Å². The Kier molecular flexibility index (Phi) is 18.1. The standard InChI is InChI=1S/C21H39N5O7S2/c1-34-11-8-15(24-18(29)13(23)5-3-4-10-22)20(31)25-14(6-7-17(27)28)19(30)26-16(21(32)33)9-12-35-2/h13-16H,3-12,22-23H2,1-2H3,(H,24,29)(H,25,31)(H,26,30)(H,27,28)(H,32,33). The summed E-state index contributed by atoms with van der Waals surface area (Å²) in [5.74, 6) is -3.39. The van der Waals surface area contributed by atoms with Gasteiger partial charge in [0.1, 0.15) is 18.1 Å². The molecular formula is C21H39N5O7S2. The Morgan fingerprint density at radius 1 is 0.743 bits per heavy atom. The minimum atomic E-state index is -1.29. The van der Waals surface area contributed by atoms with Gasteiger partial charge >= 0.3 is 11.9 Å². The Hall–Kier alpha value is -2.03. The molecule has 9 N–H and O–H groups in total. The molecule has 4 unspecified atom stereocenters. The molecular weight excluding hydrogens is 498 g/mol. The largest absolute Gasteiger partial charge is 0.481 e. The third-order valence-corrected chi connectivity index (χ3v) is 6.34. The van der Waals surface area contributed by atoms with E-state index in [9.17, 15) is 29.1 Å². The van der Waals surface area contributed by atoms with Gasteiger partial charge in [0, 0.05) is 6.42 Å². The van der Waals surface area contributed by atoms with Crippen molar-refractivity contribution in [3.05, 3.63) is 0 Å². The molecule has 35 heavy (non-hydrogen) atoms. The Bertz CT molecular complexity index is 699. The van der Waals surface area contributed by atoms with Crippen molar-refractivity contribution in [2.24, 2.45) is 11.5 Å². The highest BCUT2D eigenvalue weighted by Gasteiger charge is 2.30. The number of hydrogen-bond donors (Lipinski definition) is 7. The van der Waals surface area contributed by atoms with Crippen LogP contribution in [0.1, 0.15) is 44.9 Å². The molecule has 0 aliphatic heterocycles. The Morgan fingerprint density at radius 2 is 1.23 bits per heavy atom. The maximum atomic E-state index is 13.0. The SMILES string of the molecule is CSCCC(NC(=O)C(CCC(=O)O)NC(=O)C(CCSC)NC(=O)C(N)CCCCN)C(=O)O. The van der Waals surface area contributed by atoms with Crippen LogP contribution in [0.5, 0.6) is 0 Å². The highest BCUT2D eigenvalue weighted by Crippen LogP contribution is 2.07. The van der Waals surface area contributed by atoms with E-state index in [0.29, 0.717) is 37.3 Å². The number of carbonyl (C=O) groups is 5. The summed E-state index contributed by atoms with van der Waals surface area (Å²) >= 11 is 2.87. The molecule has 202 valence electrons. The molecule has 3 amide bonds.